The van der Waals surface area contributed by atoms with Crippen molar-refractivity contribution in [2.45, 2.75) is 12.2 Å². The molecule has 0 spiro atoms. The van der Waals surface area contributed by atoms with Gasteiger partial charge in [-0.3, -0.25) is 4.79 Å². The Balaban J connectivity index is 1.61. The molecule has 1 aliphatic rings. The van der Waals surface area contributed by atoms with Crippen molar-refractivity contribution in [3.63, 3.8) is 0 Å². The predicted molar refractivity (Wildman–Crippen MR) is 87.4 cm³/mol. The molecular formula is C19H14O5. The Morgan fingerprint density at radius 2 is 1.83 bits per heavy atom. The molecule has 1 fully saturated rings. The number of benzene rings is 2. The lowest BCUT2D eigenvalue weighted by Gasteiger charge is -2.01. The molecule has 1 saturated heterocycles. The van der Waals surface area contributed by atoms with Crippen molar-refractivity contribution in [3.05, 3.63) is 76.1 Å². The molecule has 0 saturated carbocycles. The number of ether oxygens (including phenoxy) is 2. The second-order valence-electron chi connectivity index (χ2n) is 5.60. The van der Waals surface area contributed by atoms with E-state index in [0.29, 0.717) is 11.0 Å². The molecule has 5 nitrogen and oxygen atoms in total. The molecule has 4 rings (SSSR count). The van der Waals surface area contributed by atoms with Gasteiger partial charge in [-0.05, 0) is 29.8 Å². The van der Waals surface area contributed by atoms with Crippen LogP contribution < -0.4 is 10.4 Å². The largest absolute Gasteiger partial charge is 0.497 e. The van der Waals surface area contributed by atoms with Crippen molar-refractivity contribution in [3.8, 4) is 5.75 Å². The zero-order chi connectivity index (χ0) is 16.7. The third-order valence-electron chi connectivity index (χ3n) is 4.10. The molecule has 120 valence electrons. The number of hydrogen-bond donors (Lipinski definition) is 0. The Kier molecular flexibility index (Phi) is 3.43. The van der Waals surface area contributed by atoms with Crippen molar-refractivity contribution in [2.24, 2.45) is 0 Å². The predicted octanol–water partition coefficient (Wildman–Crippen LogP) is 3.12. The average Bonchev–Trinajstić information content (AvgIpc) is 3.41. The van der Waals surface area contributed by atoms with Crippen LogP contribution >= 0.6 is 0 Å². The summed E-state index contributed by atoms with van der Waals surface area (Å²) in [6.45, 7) is 0. The maximum Gasteiger partial charge on any atom is 0.347 e. The standard InChI is InChI=1S/C19H14O5/c1-22-13-8-6-11(7-9-13)17-18(24-17)16(20)14-10-12-4-2-3-5-15(12)23-19(14)21/h2-10,17-18H,1H3/t17-,18-/m1/s1. The van der Waals surface area contributed by atoms with E-state index in [2.05, 4.69) is 0 Å². The maximum atomic E-state index is 12.6. The highest BCUT2D eigenvalue weighted by atomic mass is 16.6. The van der Waals surface area contributed by atoms with Gasteiger partial charge in [0.1, 0.15) is 23.0 Å². The van der Waals surface area contributed by atoms with Gasteiger partial charge in [0, 0.05) is 5.39 Å². The number of epoxide rings is 1. The molecule has 0 amide bonds. The van der Waals surface area contributed by atoms with E-state index in [-0.39, 0.29) is 17.5 Å². The third kappa shape index (κ3) is 2.49. The fourth-order valence-corrected chi connectivity index (χ4v) is 2.75. The minimum Gasteiger partial charge on any atom is -0.497 e. The van der Waals surface area contributed by atoms with Gasteiger partial charge in [-0.1, -0.05) is 30.3 Å². The van der Waals surface area contributed by atoms with Crippen molar-refractivity contribution < 1.29 is 18.7 Å². The van der Waals surface area contributed by atoms with E-state index in [1.165, 1.54) is 0 Å². The van der Waals surface area contributed by atoms with Crippen molar-refractivity contribution >= 4 is 16.8 Å². The van der Waals surface area contributed by atoms with Gasteiger partial charge in [-0.25, -0.2) is 4.79 Å². The van der Waals surface area contributed by atoms with Gasteiger partial charge in [-0.15, -0.1) is 0 Å². The van der Waals surface area contributed by atoms with Gasteiger partial charge in [0.25, 0.3) is 0 Å². The Morgan fingerprint density at radius 3 is 2.58 bits per heavy atom. The van der Waals surface area contributed by atoms with E-state index in [9.17, 15) is 9.59 Å². The summed E-state index contributed by atoms with van der Waals surface area (Å²) < 4.78 is 15.8. The normalized spacial score (nSPS) is 19.2. The first-order valence-corrected chi connectivity index (χ1v) is 7.54. The molecule has 2 atom stereocenters. The van der Waals surface area contributed by atoms with Crippen LogP contribution in [-0.2, 0) is 4.74 Å². The van der Waals surface area contributed by atoms with Crippen LogP contribution in [0.4, 0.5) is 0 Å². The van der Waals surface area contributed by atoms with Gasteiger partial charge < -0.3 is 13.9 Å². The van der Waals surface area contributed by atoms with Crippen LogP contribution in [0.25, 0.3) is 11.0 Å². The van der Waals surface area contributed by atoms with E-state index in [4.69, 9.17) is 13.9 Å². The highest BCUT2D eigenvalue weighted by Gasteiger charge is 2.47. The molecule has 0 bridgehead atoms. The minimum atomic E-state index is -0.651. The molecule has 2 heterocycles. The van der Waals surface area contributed by atoms with Crippen LogP contribution in [0.2, 0.25) is 0 Å². The number of carbonyl (C=O) groups excluding carboxylic acids is 1. The second-order valence-corrected chi connectivity index (χ2v) is 5.60. The van der Waals surface area contributed by atoms with Gasteiger partial charge in [-0.2, -0.15) is 0 Å². The molecule has 0 N–H and O–H groups in total. The van der Waals surface area contributed by atoms with E-state index >= 15 is 0 Å². The number of carbonyl (C=O) groups is 1. The lowest BCUT2D eigenvalue weighted by Crippen LogP contribution is -2.18. The highest BCUT2D eigenvalue weighted by Crippen LogP contribution is 2.40. The van der Waals surface area contributed by atoms with Gasteiger partial charge >= 0.3 is 5.63 Å². The van der Waals surface area contributed by atoms with E-state index < -0.39 is 11.7 Å². The molecule has 0 radical (unpaired) electrons. The van der Waals surface area contributed by atoms with Crippen molar-refractivity contribution in [1.29, 1.82) is 0 Å². The highest BCUT2D eigenvalue weighted by molar-refractivity contribution is 6.02. The number of rotatable bonds is 4. The van der Waals surface area contributed by atoms with Gasteiger partial charge in [0.15, 0.2) is 6.10 Å². The summed E-state index contributed by atoms with van der Waals surface area (Å²) in [6, 6.07) is 16.0. The molecule has 0 aliphatic carbocycles. The fraction of sp³-hybridized carbons (Fsp3) is 0.158. The van der Waals surface area contributed by atoms with Crippen LogP contribution in [0, 0.1) is 0 Å². The lowest BCUT2D eigenvalue weighted by molar-refractivity contribution is 0.0950. The van der Waals surface area contributed by atoms with Crippen molar-refractivity contribution in [1.82, 2.24) is 0 Å². The quantitative estimate of drug-likeness (QED) is 0.419. The molecule has 3 aromatic rings. The lowest BCUT2D eigenvalue weighted by atomic mass is 10.0. The molecule has 24 heavy (non-hydrogen) atoms. The van der Waals surface area contributed by atoms with Crippen LogP contribution in [-0.4, -0.2) is 19.0 Å². The number of hydrogen-bond acceptors (Lipinski definition) is 5. The van der Waals surface area contributed by atoms with E-state index in [0.717, 1.165) is 11.3 Å². The molecule has 1 aliphatic heterocycles. The second kappa shape index (κ2) is 5.62. The van der Waals surface area contributed by atoms with Crippen LogP contribution in [0.15, 0.2) is 63.8 Å². The monoisotopic (exact) mass is 322 g/mol. The van der Waals surface area contributed by atoms with Crippen LogP contribution in [0.3, 0.4) is 0 Å². The van der Waals surface area contributed by atoms with Gasteiger partial charge in [0.2, 0.25) is 5.78 Å². The molecule has 5 heteroatoms. The van der Waals surface area contributed by atoms with E-state index in [1.54, 1.807) is 31.4 Å². The first-order valence-electron chi connectivity index (χ1n) is 7.54. The molecular weight excluding hydrogens is 308 g/mol. The molecule has 1 aromatic heterocycles. The Morgan fingerprint density at radius 1 is 1.08 bits per heavy atom. The third-order valence-corrected chi connectivity index (χ3v) is 4.10. The topological polar surface area (TPSA) is 69.0 Å². The van der Waals surface area contributed by atoms with Gasteiger partial charge in [0.05, 0.1) is 7.11 Å². The Bertz CT molecular complexity index is 971. The number of para-hydroxylation sites is 1. The average molecular weight is 322 g/mol. The zero-order valence-corrected chi connectivity index (χ0v) is 12.9. The summed E-state index contributed by atoms with van der Waals surface area (Å²) in [6.07, 6.45) is -0.989. The minimum absolute atomic E-state index is 0.0229. The maximum absolute atomic E-state index is 12.6. The molecule has 0 unspecified atom stereocenters. The van der Waals surface area contributed by atoms with Crippen LogP contribution in [0.5, 0.6) is 5.75 Å². The fourth-order valence-electron chi connectivity index (χ4n) is 2.75. The Labute approximate surface area is 137 Å². The summed E-state index contributed by atoms with van der Waals surface area (Å²) in [5.41, 5.74) is 0.721. The summed E-state index contributed by atoms with van der Waals surface area (Å²) in [4.78, 5) is 24.6. The SMILES string of the molecule is COc1ccc([C@H]2O[C@@H]2C(=O)c2cc3ccccc3oc2=O)cc1. The summed E-state index contributed by atoms with van der Waals surface area (Å²) >= 11 is 0. The first kappa shape index (κ1) is 14.7. The van der Waals surface area contributed by atoms with E-state index in [1.807, 2.05) is 30.3 Å². The zero-order valence-electron chi connectivity index (χ0n) is 12.9. The Hall–Kier alpha value is -2.92. The van der Waals surface area contributed by atoms with Crippen molar-refractivity contribution in [2.75, 3.05) is 7.11 Å². The summed E-state index contributed by atoms with van der Waals surface area (Å²) in [5, 5.41) is 0.710. The van der Waals surface area contributed by atoms with Crippen LogP contribution in [0.1, 0.15) is 22.0 Å². The smallest absolute Gasteiger partial charge is 0.347 e. The number of Topliss-reactive ketones (excluding diaryl/α,β-unsaturated/α-hetero) is 1. The summed E-state index contributed by atoms with van der Waals surface area (Å²) in [5.74, 6) is 0.382. The molecule has 2 aromatic carbocycles. The summed E-state index contributed by atoms with van der Waals surface area (Å²) in [7, 11) is 1.59. The first-order chi connectivity index (χ1) is 11.7. The number of fused-ring (bicyclic) bond motifs is 1. The number of methoxy groups -OCH3 is 1. The number of ketones is 1.